The van der Waals surface area contributed by atoms with Crippen molar-refractivity contribution in [2.24, 2.45) is 5.92 Å². The maximum absolute atomic E-state index is 12.7. The summed E-state index contributed by atoms with van der Waals surface area (Å²) in [6.45, 7) is 3.62. The van der Waals surface area contributed by atoms with E-state index in [0.29, 0.717) is 13.0 Å². The minimum atomic E-state index is -3.93. The van der Waals surface area contributed by atoms with Gasteiger partial charge in [-0.25, -0.2) is 8.42 Å². The smallest absolute Gasteiger partial charge is 0.291 e. The number of benzene rings is 1. The van der Waals surface area contributed by atoms with E-state index in [1.807, 2.05) is 0 Å². The second kappa shape index (κ2) is 9.76. The van der Waals surface area contributed by atoms with Crippen LogP contribution >= 0.6 is 0 Å². The average molecular weight is 411 g/mol. The molecule has 1 aliphatic heterocycles. The van der Waals surface area contributed by atoms with Crippen LogP contribution in [0.25, 0.3) is 0 Å². The SMILES string of the molecule is CC(C)C(NS(=O)(=O)c1ccccc1)C(=O)NC1CCCOCNC(=O)C1=O. The molecular weight excluding hydrogens is 386 g/mol. The molecule has 1 aromatic rings. The van der Waals surface area contributed by atoms with E-state index in [1.54, 1.807) is 32.0 Å². The fraction of sp³-hybridized carbons (Fsp3) is 0.500. The van der Waals surface area contributed by atoms with Crippen LogP contribution in [0.1, 0.15) is 26.7 Å². The van der Waals surface area contributed by atoms with Crippen LogP contribution < -0.4 is 15.4 Å². The molecule has 0 bridgehead atoms. The molecule has 154 valence electrons. The van der Waals surface area contributed by atoms with Gasteiger partial charge in [0.05, 0.1) is 10.9 Å². The van der Waals surface area contributed by atoms with Gasteiger partial charge in [-0.15, -0.1) is 0 Å². The van der Waals surface area contributed by atoms with Crippen molar-refractivity contribution in [2.45, 2.75) is 43.7 Å². The van der Waals surface area contributed by atoms with Crippen LogP contribution in [-0.4, -0.2) is 51.4 Å². The second-order valence-corrected chi connectivity index (χ2v) is 8.50. The Balaban J connectivity index is 2.15. The summed E-state index contributed by atoms with van der Waals surface area (Å²) in [5.41, 5.74) is 0. The monoisotopic (exact) mass is 411 g/mol. The zero-order valence-electron chi connectivity index (χ0n) is 15.8. The number of ketones is 1. The molecule has 9 nitrogen and oxygen atoms in total. The number of sulfonamides is 1. The summed E-state index contributed by atoms with van der Waals surface area (Å²) in [5.74, 6) is -2.69. The maximum Gasteiger partial charge on any atom is 0.291 e. The minimum Gasteiger partial charge on any atom is -0.361 e. The normalized spacial score (nSPS) is 19.9. The van der Waals surface area contributed by atoms with Gasteiger partial charge >= 0.3 is 0 Å². The topological polar surface area (TPSA) is 131 Å². The van der Waals surface area contributed by atoms with Crippen molar-refractivity contribution in [3.05, 3.63) is 30.3 Å². The molecule has 28 heavy (non-hydrogen) atoms. The highest BCUT2D eigenvalue weighted by Crippen LogP contribution is 2.12. The zero-order valence-corrected chi connectivity index (χ0v) is 16.6. The van der Waals surface area contributed by atoms with Crippen LogP contribution in [0.15, 0.2) is 35.2 Å². The minimum absolute atomic E-state index is 0.0310. The van der Waals surface area contributed by atoms with Gasteiger partial charge in [0, 0.05) is 6.61 Å². The van der Waals surface area contributed by atoms with Gasteiger partial charge in [0.25, 0.3) is 5.91 Å². The number of nitrogens with one attached hydrogen (secondary N) is 3. The number of amides is 2. The van der Waals surface area contributed by atoms with Crippen molar-refractivity contribution in [2.75, 3.05) is 13.3 Å². The van der Waals surface area contributed by atoms with Gasteiger partial charge in [0.1, 0.15) is 12.8 Å². The average Bonchev–Trinajstić information content (AvgIpc) is 2.73. The van der Waals surface area contributed by atoms with Crippen LogP contribution in [0.3, 0.4) is 0 Å². The van der Waals surface area contributed by atoms with Crippen LogP contribution in [0.4, 0.5) is 0 Å². The molecule has 2 unspecified atom stereocenters. The molecular formula is C18H25N3O6S. The highest BCUT2D eigenvalue weighted by molar-refractivity contribution is 7.89. The van der Waals surface area contributed by atoms with Crippen LogP contribution in [-0.2, 0) is 29.1 Å². The quantitative estimate of drug-likeness (QED) is 0.562. The van der Waals surface area contributed by atoms with E-state index in [0.717, 1.165) is 0 Å². The third kappa shape index (κ3) is 5.85. The van der Waals surface area contributed by atoms with E-state index >= 15 is 0 Å². The van der Waals surface area contributed by atoms with Gasteiger partial charge in [-0.2, -0.15) is 4.72 Å². The highest BCUT2D eigenvalue weighted by atomic mass is 32.2. The molecule has 1 aliphatic rings. The number of carbonyl (C=O) groups excluding carboxylic acids is 3. The lowest BCUT2D eigenvalue weighted by molar-refractivity contribution is -0.140. The second-order valence-electron chi connectivity index (χ2n) is 6.78. The van der Waals surface area contributed by atoms with Crippen molar-refractivity contribution < 1.29 is 27.5 Å². The predicted octanol–water partition coefficient (Wildman–Crippen LogP) is -0.0725. The molecule has 0 radical (unpaired) electrons. The Morgan fingerprint density at radius 3 is 2.54 bits per heavy atom. The molecule has 2 atom stereocenters. The molecule has 0 saturated carbocycles. The Labute approximate surface area is 164 Å². The lowest BCUT2D eigenvalue weighted by Crippen LogP contribution is -2.55. The van der Waals surface area contributed by atoms with Crippen molar-refractivity contribution >= 4 is 27.6 Å². The summed E-state index contributed by atoms with van der Waals surface area (Å²) >= 11 is 0. The van der Waals surface area contributed by atoms with Gasteiger partial charge in [-0.05, 0) is 30.9 Å². The maximum atomic E-state index is 12.7. The predicted molar refractivity (Wildman–Crippen MR) is 101 cm³/mol. The Hall–Kier alpha value is -2.30. The number of rotatable bonds is 6. The van der Waals surface area contributed by atoms with Crippen molar-refractivity contribution in [3.8, 4) is 0 Å². The number of hydrogen-bond donors (Lipinski definition) is 3. The van der Waals surface area contributed by atoms with Crippen molar-refractivity contribution in [1.82, 2.24) is 15.4 Å². The molecule has 3 N–H and O–H groups in total. The van der Waals surface area contributed by atoms with Crippen LogP contribution in [0.5, 0.6) is 0 Å². The van der Waals surface area contributed by atoms with E-state index in [4.69, 9.17) is 4.74 Å². The largest absolute Gasteiger partial charge is 0.361 e. The third-order valence-corrected chi connectivity index (χ3v) is 5.71. The van der Waals surface area contributed by atoms with E-state index in [-0.39, 0.29) is 24.0 Å². The lowest BCUT2D eigenvalue weighted by atomic mass is 10.0. The Morgan fingerprint density at radius 2 is 1.89 bits per heavy atom. The molecule has 10 heteroatoms. The molecule has 2 amide bonds. The fourth-order valence-corrected chi connectivity index (χ4v) is 4.05. The van der Waals surface area contributed by atoms with Crippen LogP contribution in [0, 0.1) is 5.92 Å². The molecule has 1 aromatic carbocycles. The number of Topliss-reactive ketones (excluding diaryl/α,β-unsaturated/α-hetero) is 1. The van der Waals surface area contributed by atoms with Crippen LogP contribution in [0.2, 0.25) is 0 Å². The Kier molecular flexibility index (Phi) is 7.67. The number of carbonyl (C=O) groups is 3. The standard InChI is InChI=1S/C18H25N3O6S/c1-12(2)15(21-28(25,26)13-7-4-3-5-8-13)17(23)20-14-9-6-10-27-11-19-18(24)16(14)22/h3-5,7-8,12,14-15,21H,6,9-11H2,1-2H3,(H,19,24)(H,20,23). The zero-order chi connectivity index (χ0) is 20.7. The van der Waals surface area contributed by atoms with Gasteiger partial charge in [-0.1, -0.05) is 32.0 Å². The summed E-state index contributed by atoms with van der Waals surface area (Å²) in [6.07, 6.45) is 0.683. The van der Waals surface area contributed by atoms with E-state index in [9.17, 15) is 22.8 Å². The Morgan fingerprint density at radius 1 is 1.21 bits per heavy atom. The highest BCUT2D eigenvalue weighted by Gasteiger charge is 2.33. The lowest BCUT2D eigenvalue weighted by Gasteiger charge is -2.24. The van der Waals surface area contributed by atoms with Crippen molar-refractivity contribution in [3.63, 3.8) is 0 Å². The first-order valence-corrected chi connectivity index (χ1v) is 10.5. The third-order valence-electron chi connectivity index (χ3n) is 4.26. The van der Waals surface area contributed by atoms with Gasteiger partial charge in [-0.3, -0.25) is 14.4 Å². The first-order chi connectivity index (χ1) is 13.2. The molecule has 0 spiro atoms. The number of hydrogen-bond acceptors (Lipinski definition) is 6. The summed E-state index contributed by atoms with van der Waals surface area (Å²) in [6, 6.07) is 5.53. The van der Waals surface area contributed by atoms with Gasteiger partial charge in [0.2, 0.25) is 21.7 Å². The summed E-state index contributed by atoms with van der Waals surface area (Å²) in [5, 5.41) is 4.83. The Bertz CT molecular complexity index is 810. The molecule has 1 fully saturated rings. The van der Waals surface area contributed by atoms with E-state index < -0.39 is 39.7 Å². The fourth-order valence-electron chi connectivity index (χ4n) is 2.68. The van der Waals surface area contributed by atoms with E-state index in [1.165, 1.54) is 12.1 Å². The first kappa shape index (κ1) is 22.0. The molecule has 0 aliphatic carbocycles. The summed E-state index contributed by atoms with van der Waals surface area (Å²) in [4.78, 5) is 36.9. The first-order valence-electron chi connectivity index (χ1n) is 9.00. The number of ether oxygens (including phenoxy) is 1. The molecule has 0 aromatic heterocycles. The van der Waals surface area contributed by atoms with Crippen molar-refractivity contribution in [1.29, 1.82) is 0 Å². The van der Waals surface area contributed by atoms with Gasteiger partial charge in [0.15, 0.2) is 0 Å². The summed E-state index contributed by atoms with van der Waals surface area (Å²) in [7, 11) is -3.93. The molecule has 1 heterocycles. The molecule has 2 rings (SSSR count). The summed E-state index contributed by atoms with van der Waals surface area (Å²) < 4.78 is 32.7. The molecule has 1 saturated heterocycles. The van der Waals surface area contributed by atoms with E-state index in [2.05, 4.69) is 15.4 Å². The van der Waals surface area contributed by atoms with Gasteiger partial charge < -0.3 is 15.4 Å².